The van der Waals surface area contributed by atoms with Crippen LogP contribution in [0.15, 0.2) is 0 Å². The van der Waals surface area contributed by atoms with Crippen LogP contribution in [0, 0.1) is 5.92 Å². The molecule has 1 fully saturated rings. The van der Waals surface area contributed by atoms with Crippen molar-refractivity contribution in [3.63, 3.8) is 0 Å². The Morgan fingerprint density at radius 1 is 1.46 bits per heavy atom. The van der Waals surface area contributed by atoms with Crippen LogP contribution in [0.3, 0.4) is 0 Å². The highest BCUT2D eigenvalue weighted by atomic mass is 16.3. The molecule has 0 radical (unpaired) electrons. The molecule has 1 aliphatic rings. The molecule has 2 heteroatoms. The van der Waals surface area contributed by atoms with Gasteiger partial charge in [-0.1, -0.05) is 20.3 Å². The van der Waals surface area contributed by atoms with E-state index in [1.165, 1.54) is 25.7 Å². The van der Waals surface area contributed by atoms with Crippen molar-refractivity contribution in [2.24, 2.45) is 5.92 Å². The Balaban J connectivity index is 2.49. The van der Waals surface area contributed by atoms with E-state index in [9.17, 15) is 0 Å². The van der Waals surface area contributed by atoms with Crippen molar-refractivity contribution in [1.29, 1.82) is 0 Å². The molecule has 0 aromatic rings. The van der Waals surface area contributed by atoms with E-state index in [4.69, 9.17) is 5.11 Å². The van der Waals surface area contributed by atoms with E-state index in [2.05, 4.69) is 19.2 Å². The largest absolute Gasteiger partial charge is 0.396 e. The molecule has 2 unspecified atom stereocenters. The van der Waals surface area contributed by atoms with Gasteiger partial charge in [0.05, 0.1) is 0 Å². The summed E-state index contributed by atoms with van der Waals surface area (Å²) in [4.78, 5) is 0. The quantitative estimate of drug-likeness (QED) is 0.686. The van der Waals surface area contributed by atoms with Crippen molar-refractivity contribution < 1.29 is 5.11 Å². The smallest absolute Gasteiger partial charge is 0.0448 e. The average molecular weight is 185 g/mol. The van der Waals surface area contributed by atoms with Crippen molar-refractivity contribution in [2.75, 3.05) is 13.2 Å². The summed E-state index contributed by atoms with van der Waals surface area (Å²) in [5.74, 6) is 0.880. The summed E-state index contributed by atoms with van der Waals surface area (Å²) >= 11 is 0. The van der Waals surface area contributed by atoms with Gasteiger partial charge in [0, 0.05) is 12.1 Å². The van der Waals surface area contributed by atoms with E-state index in [0.29, 0.717) is 6.61 Å². The zero-order chi connectivity index (χ0) is 9.73. The van der Waals surface area contributed by atoms with Crippen LogP contribution in [0.5, 0.6) is 0 Å². The minimum absolute atomic E-state index is 0.268. The molecule has 13 heavy (non-hydrogen) atoms. The third-order valence-corrected chi connectivity index (χ3v) is 3.43. The van der Waals surface area contributed by atoms with Crippen LogP contribution in [0.1, 0.15) is 46.0 Å². The lowest BCUT2D eigenvalue weighted by molar-refractivity contribution is 0.208. The Hall–Kier alpha value is -0.0800. The van der Waals surface area contributed by atoms with Crippen LogP contribution in [0.25, 0.3) is 0 Å². The Kier molecular flexibility index (Phi) is 4.20. The molecule has 0 aromatic heterocycles. The molecule has 0 spiro atoms. The third-order valence-electron chi connectivity index (χ3n) is 3.43. The van der Waals surface area contributed by atoms with Gasteiger partial charge in [-0.05, 0) is 38.1 Å². The highest BCUT2D eigenvalue weighted by molar-refractivity contribution is 4.95. The summed E-state index contributed by atoms with van der Waals surface area (Å²) in [6, 6.07) is 0. The number of nitrogens with one attached hydrogen (secondary N) is 1. The van der Waals surface area contributed by atoms with Gasteiger partial charge in [-0.25, -0.2) is 0 Å². The summed E-state index contributed by atoms with van der Waals surface area (Å²) in [6.07, 6.45) is 6.07. The Bertz CT molecular complexity index is 141. The topological polar surface area (TPSA) is 32.3 Å². The summed E-state index contributed by atoms with van der Waals surface area (Å²) in [6.45, 7) is 5.77. The van der Waals surface area contributed by atoms with E-state index in [0.717, 1.165) is 18.9 Å². The van der Waals surface area contributed by atoms with Gasteiger partial charge >= 0.3 is 0 Å². The van der Waals surface area contributed by atoms with Crippen molar-refractivity contribution >= 4 is 0 Å². The van der Waals surface area contributed by atoms with Gasteiger partial charge < -0.3 is 10.4 Å². The number of aliphatic hydroxyl groups is 1. The van der Waals surface area contributed by atoms with Gasteiger partial charge in [-0.15, -0.1) is 0 Å². The second kappa shape index (κ2) is 4.97. The molecule has 0 heterocycles. The van der Waals surface area contributed by atoms with Gasteiger partial charge in [0.1, 0.15) is 0 Å². The fourth-order valence-electron chi connectivity index (χ4n) is 2.65. The molecular formula is C11H23NO. The van der Waals surface area contributed by atoms with E-state index in [-0.39, 0.29) is 5.54 Å². The number of hydrogen-bond acceptors (Lipinski definition) is 2. The highest BCUT2D eigenvalue weighted by Gasteiger charge is 2.36. The van der Waals surface area contributed by atoms with Gasteiger partial charge in [0.15, 0.2) is 0 Å². The first-order valence-corrected chi connectivity index (χ1v) is 5.62. The van der Waals surface area contributed by atoms with Gasteiger partial charge in [-0.2, -0.15) is 0 Å². The van der Waals surface area contributed by atoms with Crippen molar-refractivity contribution in [3.8, 4) is 0 Å². The first kappa shape index (κ1) is 11.0. The van der Waals surface area contributed by atoms with Crippen LogP contribution >= 0.6 is 0 Å². The lowest BCUT2D eigenvalue weighted by Crippen LogP contribution is -2.43. The third kappa shape index (κ3) is 2.68. The maximum atomic E-state index is 9.04. The zero-order valence-corrected chi connectivity index (χ0v) is 8.97. The molecular weight excluding hydrogens is 162 g/mol. The van der Waals surface area contributed by atoms with Crippen LogP contribution in [-0.4, -0.2) is 23.8 Å². The minimum atomic E-state index is 0.268. The van der Waals surface area contributed by atoms with Crippen molar-refractivity contribution in [3.05, 3.63) is 0 Å². The summed E-state index contributed by atoms with van der Waals surface area (Å²) in [5, 5.41) is 12.6. The molecule has 1 aliphatic carbocycles. The Morgan fingerprint density at radius 3 is 2.69 bits per heavy atom. The normalized spacial score (nSPS) is 33.9. The van der Waals surface area contributed by atoms with E-state index in [1.807, 2.05) is 0 Å². The molecule has 2 nitrogen and oxygen atoms in total. The molecule has 0 amide bonds. The van der Waals surface area contributed by atoms with Crippen molar-refractivity contribution in [2.45, 2.75) is 51.5 Å². The molecule has 2 atom stereocenters. The van der Waals surface area contributed by atoms with Crippen LogP contribution in [0.4, 0.5) is 0 Å². The SMILES string of the molecule is CCNC1(CCO)CCC(CC)C1. The average Bonchev–Trinajstić information content (AvgIpc) is 2.50. The molecule has 1 saturated carbocycles. The number of aliphatic hydroxyl groups excluding tert-OH is 1. The van der Waals surface area contributed by atoms with E-state index < -0.39 is 0 Å². The molecule has 0 saturated heterocycles. The van der Waals surface area contributed by atoms with Crippen LogP contribution in [0.2, 0.25) is 0 Å². The maximum Gasteiger partial charge on any atom is 0.0448 e. The molecule has 0 bridgehead atoms. The highest BCUT2D eigenvalue weighted by Crippen LogP contribution is 2.38. The molecule has 0 aromatic carbocycles. The first-order valence-electron chi connectivity index (χ1n) is 5.62. The number of hydrogen-bond donors (Lipinski definition) is 2. The summed E-state index contributed by atoms with van der Waals surface area (Å²) < 4.78 is 0. The van der Waals surface area contributed by atoms with Gasteiger partial charge in [-0.3, -0.25) is 0 Å². The van der Waals surface area contributed by atoms with Gasteiger partial charge in [0.25, 0.3) is 0 Å². The maximum absolute atomic E-state index is 9.04. The predicted molar refractivity (Wildman–Crippen MR) is 55.7 cm³/mol. The Labute approximate surface area is 81.7 Å². The van der Waals surface area contributed by atoms with Crippen molar-refractivity contribution in [1.82, 2.24) is 5.32 Å². The fourth-order valence-corrected chi connectivity index (χ4v) is 2.65. The summed E-state index contributed by atoms with van der Waals surface area (Å²) in [5.41, 5.74) is 0.268. The fraction of sp³-hybridized carbons (Fsp3) is 1.00. The zero-order valence-electron chi connectivity index (χ0n) is 8.97. The minimum Gasteiger partial charge on any atom is -0.396 e. The van der Waals surface area contributed by atoms with Crippen LogP contribution in [-0.2, 0) is 0 Å². The molecule has 2 N–H and O–H groups in total. The monoisotopic (exact) mass is 185 g/mol. The van der Waals surface area contributed by atoms with E-state index in [1.54, 1.807) is 0 Å². The lowest BCUT2D eigenvalue weighted by atomic mass is 9.91. The van der Waals surface area contributed by atoms with Gasteiger partial charge in [0.2, 0.25) is 0 Å². The summed E-state index contributed by atoms with van der Waals surface area (Å²) in [7, 11) is 0. The van der Waals surface area contributed by atoms with E-state index >= 15 is 0 Å². The molecule has 0 aliphatic heterocycles. The predicted octanol–water partition coefficient (Wildman–Crippen LogP) is 1.93. The first-order chi connectivity index (χ1) is 6.26. The molecule has 78 valence electrons. The molecule has 1 rings (SSSR count). The second-order valence-corrected chi connectivity index (χ2v) is 4.30. The van der Waals surface area contributed by atoms with Crippen LogP contribution < -0.4 is 5.32 Å². The Morgan fingerprint density at radius 2 is 2.23 bits per heavy atom. The standard InChI is InChI=1S/C11H23NO/c1-3-10-5-6-11(9-10,7-8-13)12-4-2/h10,12-13H,3-9H2,1-2H3. The second-order valence-electron chi connectivity index (χ2n) is 4.30. The number of rotatable bonds is 5. The lowest BCUT2D eigenvalue weighted by Gasteiger charge is -2.29.